The summed E-state index contributed by atoms with van der Waals surface area (Å²) in [6.07, 6.45) is -6.57. The highest BCUT2D eigenvalue weighted by molar-refractivity contribution is 7.46. The number of nitrogen functional groups attached to an aromatic ring is 1. The summed E-state index contributed by atoms with van der Waals surface area (Å²) in [6.45, 7) is -1.28. The lowest BCUT2D eigenvalue weighted by atomic mass is 9.92. The Morgan fingerprint density at radius 2 is 1.93 bits per heavy atom. The Morgan fingerprint density at radius 1 is 1.17 bits per heavy atom. The SMILES string of the molecule is N#C[C@@]1(c2ccc3c(N)ncnn23)O[C@H](COC(=O)c2ccc[n+]([C@@H]3O[C@H](COP(=O)(O)O)[C@@H](O)[C@H]3O)c2)[C@@H](O)[C@H]1O. The number of rotatable bonds is 8. The molecule has 0 saturated carbocycles. The van der Waals surface area contributed by atoms with Crippen LogP contribution in [0.15, 0.2) is 43.0 Å². The Kier molecular flexibility index (Phi) is 8.00. The van der Waals surface area contributed by atoms with Gasteiger partial charge in [-0.25, -0.2) is 18.9 Å². The third-order valence-corrected chi connectivity index (χ3v) is 7.45. The highest BCUT2D eigenvalue weighted by Crippen LogP contribution is 2.41. The molecule has 2 saturated heterocycles. The van der Waals surface area contributed by atoms with Crippen LogP contribution in [0.5, 0.6) is 0 Å². The van der Waals surface area contributed by atoms with Gasteiger partial charge in [0.1, 0.15) is 60.6 Å². The molecule has 0 aromatic carbocycles. The fraction of sp³-hybridized carbons (Fsp3) is 0.435. The number of phosphoric ester groups is 1. The Hall–Kier alpha value is -3.60. The summed E-state index contributed by atoms with van der Waals surface area (Å²) in [5.74, 6) is -0.801. The van der Waals surface area contributed by atoms with Gasteiger partial charge < -0.3 is 50.2 Å². The number of aromatic nitrogens is 4. The summed E-state index contributed by atoms with van der Waals surface area (Å²) in [5, 5.41) is 56.2. The molecular weight excluding hydrogens is 583 g/mol. The number of anilines is 1. The van der Waals surface area contributed by atoms with E-state index in [4.69, 9.17) is 29.7 Å². The van der Waals surface area contributed by atoms with Crippen molar-refractivity contribution in [2.45, 2.75) is 48.5 Å². The van der Waals surface area contributed by atoms with Crippen molar-refractivity contribution < 1.29 is 62.9 Å². The van der Waals surface area contributed by atoms with Crippen LogP contribution in [0.3, 0.4) is 0 Å². The lowest BCUT2D eigenvalue weighted by molar-refractivity contribution is -0.765. The minimum absolute atomic E-state index is 0.0537. The fourth-order valence-electron chi connectivity index (χ4n) is 4.85. The van der Waals surface area contributed by atoms with Crippen molar-refractivity contribution in [2.75, 3.05) is 18.9 Å². The number of hydrogen-bond donors (Lipinski definition) is 7. The van der Waals surface area contributed by atoms with Crippen LogP contribution in [0.4, 0.5) is 5.82 Å². The molecule has 0 amide bonds. The first kappa shape index (κ1) is 29.9. The molecule has 2 aliphatic rings. The molecule has 3 aromatic rings. The fourth-order valence-corrected chi connectivity index (χ4v) is 5.19. The van der Waals surface area contributed by atoms with Crippen molar-refractivity contribution in [2.24, 2.45) is 0 Å². The molecule has 3 aromatic heterocycles. The van der Waals surface area contributed by atoms with Gasteiger partial charge in [-0.2, -0.15) is 14.9 Å². The zero-order valence-corrected chi connectivity index (χ0v) is 22.3. The molecule has 5 heterocycles. The number of aliphatic hydroxyl groups excluding tert-OH is 4. The number of fused-ring (bicyclic) bond motifs is 1. The van der Waals surface area contributed by atoms with Gasteiger partial charge in [0.25, 0.3) is 6.23 Å². The summed E-state index contributed by atoms with van der Waals surface area (Å²) in [5.41, 5.74) is 4.11. The molecule has 2 fully saturated rings. The van der Waals surface area contributed by atoms with Crippen LogP contribution in [0.25, 0.3) is 5.52 Å². The Balaban J connectivity index is 1.28. The predicted octanol–water partition coefficient (Wildman–Crippen LogP) is -2.98. The van der Waals surface area contributed by atoms with E-state index in [0.29, 0.717) is 5.52 Å². The highest BCUT2D eigenvalue weighted by Gasteiger charge is 2.58. The number of nitrogens with two attached hydrogens (primary N) is 1. The lowest BCUT2D eigenvalue weighted by Gasteiger charge is -2.24. The maximum absolute atomic E-state index is 12.9. The van der Waals surface area contributed by atoms with Crippen LogP contribution in [0.1, 0.15) is 22.3 Å². The first-order valence-corrected chi connectivity index (χ1v) is 13.8. The van der Waals surface area contributed by atoms with E-state index in [9.17, 15) is 35.0 Å². The Morgan fingerprint density at radius 3 is 2.64 bits per heavy atom. The molecule has 0 spiro atoms. The standard InChI is InChI=1S/C23H25N6O12P/c24-9-23(15-4-3-12-20(25)26-10-27-29(12)15)19(33)17(31)14(41-23)7-38-22(34)11-2-1-5-28(6-11)21-18(32)16(30)13(40-21)8-39-42(35,36)37/h1-6,10,13-14,16-19,21,30-33H,7-8H2,(H3-,25,26,27,35,36,37)/p+1/t13-,14-,16-,17-,18-,19-,21-,23+/m1/s1. The minimum atomic E-state index is -4.85. The molecule has 0 aliphatic carbocycles. The monoisotopic (exact) mass is 609 g/mol. The van der Waals surface area contributed by atoms with Crippen LogP contribution < -0.4 is 10.3 Å². The van der Waals surface area contributed by atoms with E-state index in [0.717, 1.165) is 6.33 Å². The number of hydrogen-bond acceptors (Lipinski definition) is 14. The number of carbonyl (C=O) groups is 1. The van der Waals surface area contributed by atoms with Gasteiger partial charge in [-0.1, -0.05) is 0 Å². The van der Waals surface area contributed by atoms with E-state index < -0.39 is 75.5 Å². The van der Waals surface area contributed by atoms with Gasteiger partial charge in [0, 0.05) is 6.07 Å². The number of carbonyl (C=O) groups excluding carboxylic acids is 1. The lowest BCUT2D eigenvalue weighted by Crippen LogP contribution is -2.46. The van der Waals surface area contributed by atoms with E-state index >= 15 is 0 Å². The van der Waals surface area contributed by atoms with Crippen molar-refractivity contribution in [3.8, 4) is 6.07 Å². The summed E-state index contributed by atoms with van der Waals surface area (Å²) in [7, 11) is -4.85. The van der Waals surface area contributed by atoms with Crippen LogP contribution in [-0.4, -0.2) is 101 Å². The van der Waals surface area contributed by atoms with Gasteiger partial charge in [-0.05, 0) is 18.2 Å². The van der Waals surface area contributed by atoms with Gasteiger partial charge in [0.15, 0.2) is 24.3 Å². The molecule has 0 bridgehead atoms. The van der Waals surface area contributed by atoms with Gasteiger partial charge in [0.05, 0.1) is 12.3 Å². The van der Waals surface area contributed by atoms with Crippen molar-refractivity contribution in [1.82, 2.24) is 14.6 Å². The van der Waals surface area contributed by atoms with E-state index in [-0.39, 0.29) is 17.1 Å². The van der Waals surface area contributed by atoms with Crippen LogP contribution in [0.2, 0.25) is 0 Å². The number of phosphoric acid groups is 1. The smallest absolute Gasteiger partial charge is 0.459 e. The molecular formula is C23H26N6O12P+. The number of esters is 1. The summed E-state index contributed by atoms with van der Waals surface area (Å²) in [6, 6.07) is 7.61. The topological polar surface area (TPSA) is 276 Å². The van der Waals surface area contributed by atoms with Gasteiger partial charge in [-0.3, -0.25) is 4.52 Å². The molecule has 0 radical (unpaired) electrons. The second-order valence-corrected chi connectivity index (χ2v) is 10.8. The van der Waals surface area contributed by atoms with Crippen LogP contribution >= 0.6 is 7.82 Å². The molecule has 18 nitrogen and oxygen atoms in total. The predicted molar refractivity (Wildman–Crippen MR) is 132 cm³/mol. The molecule has 19 heteroatoms. The van der Waals surface area contributed by atoms with Crippen molar-refractivity contribution >= 4 is 25.1 Å². The van der Waals surface area contributed by atoms with Gasteiger partial charge in [-0.15, -0.1) is 0 Å². The molecule has 42 heavy (non-hydrogen) atoms. The van der Waals surface area contributed by atoms with Crippen molar-refractivity contribution in [3.63, 3.8) is 0 Å². The Labute approximate surface area is 235 Å². The molecule has 5 rings (SSSR count). The zero-order valence-electron chi connectivity index (χ0n) is 21.4. The average molecular weight is 609 g/mol. The summed E-state index contributed by atoms with van der Waals surface area (Å²) < 4.78 is 34.4. The second-order valence-electron chi connectivity index (χ2n) is 9.57. The van der Waals surface area contributed by atoms with Crippen molar-refractivity contribution in [1.29, 1.82) is 5.26 Å². The van der Waals surface area contributed by atoms with E-state index in [1.165, 1.54) is 45.7 Å². The quantitative estimate of drug-likeness (QED) is 0.0762. The number of nitriles is 1. The summed E-state index contributed by atoms with van der Waals surface area (Å²) in [4.78, 5) is 34.5. The minimum Gasteiger partial charge on any atom is -0.459 e. The van der Waals surface area contributed by atoms with E-state index in [2.05, 4.69) is 14.6 Å². The Bertz CT molecular complexity index is 1580. The normalized spacial score (nSPS) is 31.3. The first-order valence-electron chi connectivity index (χ1n) is 12.3. The van der Waals surface area contributed by atoms with Gasteiger partial charge in [0.2, 0.25) is 5.60 Å². The third-order valence-electron chi connectivity index (χ3n) is 6.96. The molecule has 2 aliphatic heterocycles. The number of pyridine rings is 1. The molecule has 0 unspecified atom stereocenters. The average Bonchev–Trinajstić information content (AvgIpc) is 3.60. The largest absolute Gasteiger partial charge is 0.469 e. The zero-order chi connectivity index (χ0) is 30.4. The highest BCUT2D eigenvalue weighted by atomic mass is 31.2. The van der Waals surface area contributed by atoms with Crippen LogP contribution in [-0.2, 0) is 28.9 Å². The number of ether oxygens (including phenoxy) is 3. The maximum Gasteiger partial charge on any atom is 0.469 e. The first-order chi connectivity index (χ1) is 19.9. The van der Waals surface area contributed by atoms with E-state index in [1.54, 1.807) is 0 Å². The molecule has 8 N–H and O–H groups in total. The summed E-state index contributed by atoms with van der Waals surface area (Å²) >= 11 is 0. The second kappa shape index (κ2) is 11.2. The van der Waals surface area contributed by atoms with E-state index in [1.807, 2.05) is 6.07 Å². The third kappa shape index (κ3) is 5.34. The maximum atomic E-state index is 12.9. The van der Waals surface area contributed by atoms with Gasteiger partial charge >= 0.3 is 13.8 Å². The molecule has 224 valence electrons. The number of aliphatic hydroxyl groups is 4. The van der Waals surface area contributed by atoms with Crippen molar-refractivity contribution in [3.05, 3.63) is 54.2 Å². The molecule has 8 atom stereocenters. The van der Waals surface area contributed by atoms with Crippen LogP contribution in [0, 0.1) is 11.3 Å². The number of nitrogens with zero attached hydrogens (tertiary/aromatic N) is 5.